The lowest BCUT2D eigenvalue weighted by molar-refractivity contribution is 0.455. The summed E-state index contributed by atoms with van der Waals surface area (Å²) in [6.45, 7) is 0. The van der Waals surface area contributed by atoms with E-state index in [0.717, 1.165) is 0 Å². The highest BCUT2D eigenvalue weighted by Crippen LogP contribution is 2.29. The predicted molar refractivity (Wildman–Crippen MR) is 38.0 cm³/mol. The zero-order chi connectivity index (χ0) is 6.91. The van der Waals surface area contributed by atoms with Crippen molar-refractivity contribution in [3.63, 3.8) is 0 Å². The molecule has 0 aliphatic heterocycles. The summed E-state index contributed by atoms with van der Waals surface area (Å²) in [4.78, 5) is 0. The first-order valence-corrected chi connectivity index (χ1v) is 3.20. The van der Waals surface area contributed by atoms with E-state index in [1.54, 1.807) is 0 Å². The minimum Gasteiger partial charge on any atom is -0.314 e. The topological polar surface area (TPSA) is 36.1 Å². The average Bonchev–Trinajstić information content (AvgIpc) is 2.63. The first-order valence-electron chi connectivity index (χ1n) is 3.20. The van der Waals surface area contributed by atoms with Crippen LogP contribution in [0.2, 0.25) is 0 Å². The van der Waals surface area contributed by atoms with Crippen LogP contribution in [0.5, 0.6) is 0 Å². The molecule has 0 bridgehead atoms. The van der Waals surface area contributed by atoms with Crippen LogP contribution in [0.3, 0.4) is 0 Å². The van der Waals surface area contributed by atoms with Gasteiger partial charge in [-0.05, 0) is 21.1 Å². The van der Waals surface area contributed by atoms with E-state index in [2.05, 4.69) is 22.4 Å². The van der Waals surface area contributed by atoms with Gasteiger partial charge in [-0.25, -0.2) is 0 Å². The Kier molecular flexibility index (Phi) is 1.75. The summed E-state index contributed by atoms with van der Waals surface area (Å²) in [5.41, 5.74) is 0.0642. The highest BCUT2D eigenvalue weighted by atomic mass is 15.3. The zero-order valence-electron chi connectivity index (χ0n) is 6.15. The van der Waals surface area contributed by atoms with Crippen molar-refractivity contribution in [1.29, 1.82) is 0 Å². The first-order chi connectivity index (χ1) is 4.29. The average molecular weight is 128 g/mol. The SMILES string of the molecule is CNC1[CH]C1(NC)NC. The fourth-order valence-electron chi connectivity index (χ4n) is 1.13. The van der Waals surface area contributed by atoms with Gasteiger partial charge < -0.3 is 16.0 Å². The van der Waals surface area contributed by atoms with Gasteiger partial charge in [0.25, 0.3) is 0 Å². The van der Waals surface area contributed by atoms with Gasteiger partial charge >= 0.3 is 0 Å². The van der Waals surface area contributed by atoms with Crippen LogP contribution in [0, 0.1) is 6.42 Å². The van der Waals surface area contributed by atoms with E-state index < -0.39 is 0 Å². The molecule has 0 aromatic rings. The van der Waals surface area contributed by atoms with E-state index in [9.17, 15) is 0 Å². The highest BCUT2D eigenvalue weighted by Gasteiger charge is 2.51. The monoisotopic (exact) mass is 128 g/mol. The Balaban J connectivity index is 2.37. The molecule has 1 fully saturated rings. The molecule has 0 spiro atoms. The minimum atomic E-state index is 0.0642. The summed E-state index contributed by atoms with van der Waals surface area (Å²) < 4.78 is 0. The second-order valence-corrected chi connectivity index (χ2v) is 2.30. The Bertz CT molecular complexity index is 98.5. The van der Waals surface area contributed by atoms with Crippen molar-refractivity contribution in [3.8, 4) is 0 Å². The molecule has 53 valence electrons. The lowest BCUT2D eigenvalue weighted by Crippen LogP contribution is -2.46. The van der Waals surface area contributed by atoms with Gasteiger partial charge in [-0.2, -0.15) is 0 Å². The molecule has 3 N–H and O–H groups in total. The summed E-state index contributed by atoms with van der Waals surface area (Å²) in [6.07, 6.45) is 2.19. The first kappa shape index (κ1) is 6.99. The van der Waals surface area contributed by atoms with Crippen LogP contribution in [-0.2, 0) is 0 Å². The number of hydrogen-bond acceptors (Lipinski definition) is 3. The van der Waals surface area contributed by atoms with Crippen molar-refractivity contribution >= 4 is 0 Å². The molecule has 1 aliphatic rings. The third-order valence-electron chi connectivity index (χ3n) is 1.95. The molecular weight excluding hydrogens is 114 g/mol. The van der Waals surface area contributed by atoms with Crippen LogP contribution in [0.4, 0.5) is 0 Å². The second kappa shape index (κ2) is 2.25. The summed E-state index contributed by atoms with van der Waals surface area (Å²) in [7, 11) is 5.85. The molecule has 0 saturated heterocycles. The smallest absolute Gasteiger partial charge is 0.0893 e. The minimum absolute atomic E-state index is 0.0642. The molecule has 1 unspecified atom stereocenters. The van der Waals surface area contributed by atoms with E-state index in [0.29, 0.717) is 6.04 Å². The molecule has 1 radical (unpaired) electrons. The third-order valence-corrected chi connectivity index (χ3v) is 1.95. The Morgan fingerprint density at radius 3 is 1.89 bits per heavy atom. The molecule has 3 nitrogen and oxygen atoms in total. The second-order valence-electron chi connectivity index (χ2n) is 2.30. The standard InChI is InChI=1S/C6H14N3/c1-7-5-4-6(5,8-2)9-3/h4-5,7-9H,1-3H3. The Morgan fingerprint density at radius 2 is 1.78 bits per heavy atom. The van der Waals surface area contributed by atoms with Crippen molar-refractivity contribution in [2.24, 2.45) is 0 Å². The normalized spacial score (nSPS) is 30.3. The molecule has 0 aromatic heterocycles. The summed E-state index contributed by atoms with van der Waals surface area (Å²) >= 11 is 0. The van der Waals surface area contributed by atoms with Crippen molar-refractivity contribution < 1.29 is 0 Å². The zero-order valence-corrected chi connectivity index (χ0v) is 6.15. The van der Waals surface area contributed by atoms with E-state index in [-0.39, 0.29) is 5.66 Å². The van der Waals surface area contributed by atoms with Crippen molar-refractivity contribution in [1.82, 2.24) is 16.0 Å². The maximum atomic E-state index is 3.17. The molecular formula is C6H14N3. The van der Waals surface area contributed by atoms with Crippen LogP contribution in [0.1, 0.15) is 0 Å². The van der Waals surface area contributed by atoms with Gasteiger partial charge in [0, 0.05) is 12.5 Å². The summed E-state index contributed by atoms with van der Waals surface area (Å²) in [5, 5.41) is 9.50. The predicted octanol–water partition coefficient (Wildman–Crippen LogP) is -1.07. The van der Waals surface area contributed by atoms with Crippen molar-refractivity contribution in [3.05, 3.63) is 6.42 Å². The number of nitrogens with one attached hydrogen (secondary N) is 3. The summed E-state index contributed by atoms with van der Waals surface area (Å²) in [5.74, 6) is 0. The van der Waals surface area contributed by atoms with Crippen LogP contribution >= 0.6 is 0 Å². The van der Waals surface area contributed by atoms with E-state index in [4.69, 9.17) is 0 Å². The lowest BCUT2D eigenvalue weighted by Gasteiger charge is -2.13. The Labute approximate surface area is 56.2 Å². The van der Waals surface area contributed by atoms with Gasteiger partial charge in [0.2, 0.25) is 0 Å². The fraction of sp³-hybridized carbons (Fsp3) is 0.833. The lowest BCUT2D eigenvalue weighted by atomic mass is 10.5. The van der Waals surface area contributed by atoms with E-state index in [1.807, 2.05) is 21.1 Å². The fourth-order valence-corrected chi connectivity index (χ4v) is 1.13. The largest absolute Gasteiger partial charge is 0.314 e. The maximum absolute atomic E-state index is 3.17. The molecule has 0 heterocycles. The van der Waals surface area contributed by atoms with Gasteiger partial charge in [0.1, 0.15) is 0 Å². The van der Waals surface area contributed by atoms with Crippen LogP contribution in [-0.4, -0.2) is 32.8 Å². The quantitative estimate of drug-likeness (QED) is 0.423. The number of hydrogen-bond donors (Lipinski definition) is 3. The maximum Gasteiger partial charge on any atom is 0.0893 e. The van der Waals surface area contributed by atoms with Gasteiger partial charge in [-0.1, -0.05) is 0 Å². The number of likely N-dealkylation sites (N-methyl/N-ethyl adjacent to an activating group) is 3. The van der Waals surface area contributed by atoms with Crippen LogP contribution < -0.4 is 16.0 Å². The molecule has 0 amide bonds. The highest BCUT2D eigenvalue weighted by molar-refractivity contribution is 5.28. The van der Waals surface area contributed by atoms with Crippen molar-refractivity contribution in [2.45, 2.75) is 11.7 Å². The van der Waals surface area contributed by atoms with Crippen molar-refractivity contribution in [2.75, 3.05) is 21.1 Å². The van der Waals surface area contributed by atoms with Gasteiger partial charge in [0.15, 0.2) is 0 Å². The van der Waals surface area contributed by atoms with Gasteiger partial charge in [0.05, 0.1) is 5.66 Å². The molecule has 1 saturated carbocycles. The number of rotatable bonds is 3. The van der Waals surface area contributed by atoms with E-state index in [1.165, 1.54) is 0 Å². The molecule has 1 rings (SSSR count). The Hall–Kier alpha value is -0.120. The molecule has 1 aliphatic carbocycles. The molecule has 3 heteroatoms. The molecule has 0 aromatic carbocycles. The van der Waals surface area contributed by atoms with Gasteiger partial charge in [-0.3, -0.25) is 0 Å². The Morgan fingerprint density at radius 1 is 1.22 bits per heavy atom. The van der Waals surface area contributed by atoms with E-state index >= 15 is 0 Å². The van der Waals surface area contributed by atoms with Crippen LogP contribution in [0.15, 0.2) is 0 Å². The van der Waals surface area contributed by atoms with Gasteiger partial charge in [-0.15, -0.1) is 0 Å². The third kappa shape index (κ3) is 0.956. The van der Waals surface area contributed by atoms with Crippen LogP contribution in [0.25, 0.3) is 0 Å². The molecule has 1 atom stereocenters. The summed E-state index contributed by atoms with van der Waals surface area (Å²) in [6, 6.07) is 0.479. The molecule has 9 heavy (non-hydrogen) atoms.